The molecule has 2 aromatic carbocycles. The van der Waals surface area contributed by atoms with Gasteiger partial charge < -0.3 is 20.1 Å². The maximum atomic E-state index is 6.04. The normalized spacial score (nSPS) is 14.8. The number of rotatable bonds is 8. The van der Waals surface area contributed by atoms with E-state index in [2.05, 4.69) is 73.0 Å². The molecular weight excluding hydrogens is 489 g/mol. The molecule has 0 unspecified atom stereocenters. The molecule has 1 saturated heterocycles. The summed E-state index contributed by atoms with van der Waals surface area (Å²) in [5.41, 5.74) is 4.90. The lowest BCUT2D eigenvalue weighted by Gasteiger charge is -2.22. The van der Waals surface area contributed by atoms with Crippen LogP contribution < -0.4 is 10.6 Å². The standard InChI is InChI=1S/C24H33N3O2.HI/c1-3-25-24(26-16-20-9-7-19(2)8-10-20)27-17-21-5-4-6-22(15-21)18-29-23-11-13-28-14-12-23;/h4-10,15,23H,3,11-14,16-18H2,1-2H3,(H2,25,26,27);1H. The minimum Gasteiger partial charge on any atom is -0.381 e. The average molecular weight is 523 g/mol. The van der Waals surface area contributed by atoms with E-state index in [1.807, 2.05) is 0 Å². The molecule has 0 amide bonds. The number of ether oxygens (including phenoxy) is 2. The molecule has 0 saturated carbocycles. The quantitative estimate of drug-likeness (QED) is 0.303. The Morgan fingerprint density at radius 2 is 1.77 bits per heavy atom. The first kappa shape index (κ1) is 24.6. The zero-order valence-electron chi connectivity index (χ0n) is 18.0. The second-order valence-electron chi connectivity index (χ2n) is 7.48. The second kappa shape index (κ2) is 13.6. The van der Waals surface area contributed by atoms with Crippen molar-refractivity contribution in [2.75, 3.05) is 19.8 Å². The molecule has 2 N–H and O–H groups in total. The summed E-state index contributed by atoms with van der Waals surface area (Å²) in [4.78, 5) is 4.74. The highest BCUT2D eigenvalue weighted by Gasteiger charge is 2.14. The van der Waals surface area contributed by atoms with E-state index in [0.29, 0.717) is 19.3 Å². The number of hydrogen-bond acceptors (Lipinski definition) is 3. The van der Waals surface area contributed by atoms with Crippen LogP contribution in [-0.4, -0.2) is 31.8 Å². The van der Waals surface area contributed by atoms with Crippen molar-refractivity contribution in [2.24, 2.45) is 4.99 Å². The van der Waals surface area contributed by atoms with E-state index in [1.165, 1.54) is 22.3 Å². The van der Waals surface area contributed by atoms with Gasteiger partial charge in [0.25, 0.3) is 0 Å². The summed E-state index contributed by atoms with van der Waals surface area (Å²) in [5.74, 6) is 0.830. The largest absolute Gasteiger partial charge is 0.381 e. The Morgan fingerprint density at radius 1 is 1.03 bits per heavy atom. The monoisotopic (exact) mass is 523 g/mol. The van der Waals surface area contributed by atoms with Crippen molar-refractivity contribution < 1.29 is 9.47 Å². The summed E-state index contributed by atoms with van der Waals surface area (Å²) < 4.78 is 11.4. The molecule has 164 valence electrons. The van der Waals surface area contributed by atoms with Crippen LogP contribution in [0.5, 0.6) is 0 Å². The Morgan fingerprint density at radius 3 is 2.50 bits per heavy atom. The maximum Gasteiger partial charge on any atom is 0.191 e. The Kier molecular flexibility index (Phi) is 11.2. The SMILES string of the molecule is CCNC(=NCc1cccc(COC2CCOCC2)c1)NCc1ccc(C)cc1.I. The average Bonchev–Trinajstić information content (AvgIpc) is 2.76. The van der Waals surface area contributed by atoms with Gasteiger partial charge in [-0.1, -0.05) is 54.1 Å². The Hall–Kier alpha value is -1.64. The van der Waals surface area contributed by atoms with Crippen molar-refractivity contribution in [1.29, 1.82) is 0 Å². The molecule has 6 heteroatoms. The van der Waals surface area contributed by atoms with Crippen molar-refractivity contribution in [3.8, 4) is 0 Å². The van der Waals surface area contributed by atoms with Crippen molar-refractivity contribution in [1.82, 2.24) is 10.6 Å². The van der Waals surface area contributed by atoms with Gasteiger partial charge >= 0.3 is 0 Å². The third-order valence-corrected chi connectivity index (χ3v) is 4.99. The zero-order chi connectivity index (χ0) is 20.3. The molecule has 0 spiro atoms. The van der Waals surface area contributed by atoms with E-state index in [0.717, 1.165) is 45.1 Å². The fourth-order valence-corrected chi connectivity index (χ4v) is 3.28. The molecule has 1 aliphatic heterocycles. The zero-order valence-corrected chi connectivity index (χ0v) is 20.4. The Labute approximate surface area is 197 Å². The number of aliphatic imine (C=N–C) groups is 1. The predicted molar refractivity (Wildman–Crippen MR) is 133 cm³/mol. The highest BCUT2D eigenvalue weighted by atomic mass is 127. The van der Waals surface area contributed by atoms with Crippen LogP contribution in [0.3, 0.4) is 0 Å². The number of halogens is 1. The van der Waals surface area contributed by atoms with Crippen LogP contribution in [0.4, 0.5) is 0 Å². The summed E-state index contributed by atoms with van der Waals surface area (Å²) in [6, 6.07) is 17.1. The first-order valence-electron chi connectivity index (χ1n) is 10.6. The van der Waals surface area contributed by atoms with E-state index in [1.54, 1.807) is 0 Å². The summed E-state index contributed by atoms with van der Waals surface area (Å²) in [6.45, 7) is 8.67. The fraction of sp³-hybridized carbons (Fsp3) is 0.458. The predicted octanol–water partition coefficient (Wildman–Crippen LogP) is 4.56. The Bertz CT molecular complexity index is 774. The molecule has 1 aliphatic rings. The molecule has 0 aliphatic carbocycles. The molecule has 0 atom stereocenters. The van der Waals surface area contributed by atoms with Gasteiger partial charge in [0, 0.05) is 26.3 Å². The fourth-order valence-electron chi connectivity index (χ4n) is 3.28. The van der Waals surface area contributed by atoms with Gasteiger partial charge in [0.15, 0.2) is 5.96 Å². The van der Waals surface area contributed by atoms with E-state index < -0.39 is 0 Å². The second-order valence-corrected chi connectivity index (χ2v) is 7.48. The molecule has 0 bridgehead atoms. The summed E-state index contributed by atoms with van der Waals surface area (Å²) in [7, 11) is 0. The number of aryl methyl sites for hydroxylation is 1. The minimum absolute atomic E-state index is 0. The first-order valence-corrected chi connectivity index (χ1v) is 10.6. The van der Waals surface area contributed by atoms with Crippen molar-refractivity contribution in [3.63, 3.8) is 0 Å². The summed E-state index contributed by atoms with van der Waals surface area (Å²) in [5, 5.41) is 6.73. The van der Waals surface area contributed by atoms with Crippen molar-refractivity contribution in [2.45, 2.75) is 52.5 Å². The van der Waals surface area contributed by atoms with Crippen LogP contribution in [0.1, 0.15) is 42.0 Å². The molecule has 5 nitrogen and oxygen atoms in total. The third-order valence-electron chi connectivity index (χ3n) is 4.99. The molecule has 0 radical (unpaired) electrons. The lowest BCUT2D eigenvalue weighted by Crippen LogP contribution is -2.36. The summed E-state index contributed by atoms with van der Waals surface area (Å²) >= 11 is 0. The molecular formula is C24H34IN3O2. The minimum atomic E-state index is 0. The van der Waals surface area contributed by atoms with Gasteiger partial charge in [-0.25, -0.2) is 4.99 Å². The van der Waals surface area contributed by atoms with Gasteiger partial charge in [0.2, 0.25) is 0 Å². The van der Waals surface area contributed by atoms with E-state index in [-0.39, 0.29) is 24.0 Å². The van der Waals surface area contributed by atoms with Crippen LogP contribution in [-0.2, 0) is 29.2 Å². The Balaban J connectivity index is 0.00000320. The molecule has 30 heavy (non-hydrogen) atoms. The number of benzene rings is 2. The number of nitrogens with one attached hydrogen (secondary N) is 2. The number of hydrogen-bond donors (Lipinski definition) is 2. The third kappa shape index (κ3) is 8.62. The summed E-state index contributed by atoms with van der Waals surface area (Å²) in [6.07, 6.45) is 2.29. The lowest BCUT2D eigenvalue weighted by molar-refractivity contribution is -0.0390. The van der Waals surface area contributed by atoms with Crippen LogP contribution in [0.15, 0.2) is 53.5 Å². The van der Waals surface area contributed by atoms with Crippen LogP contribution in [0.25, 0.3) is 0 Å². The maximum absolute atomic E-state index is 6.04. The van der Waals surface area contributed by atoms with E-state index in [4.69, 9.17) is 14.5 Å². The number of nitrogens with zero attached hydrogens (tertiary/aromatic N) is 1. The van der Waals surface area contributed by atoms with Gasteiger partial charge in [-0.3, -0.25) is 0 Å². The van der Waals surface area contributed by atoms with Crippen molar-refractivity contribution >= 4 is 29.9 Å². The van der Waals surface area contributed by atoms with Gasteiger partial charge in [0.05, 0.1) is 19.3 Å². The molecule has 2 aromatic rings. The van der Waals surface area contributed by atoms with E-state index >= 15 is 0 Å². The number of guanidine groups is 1. The van der Waals surface area contributed by atoms with Gasteiger partial charge in [-0.05, 0) is 43.4 Å². The first-order chi connectivity index (χ1) is 14.2. The van der Waals surface area contributed by atoms with Crippen LogP contribution >= 0.6 is 24.0 Å². The van der Waals surface area contributed by atoms with Crippen LogP contribution in [0, 0.1) is 6.92 Å². The smallest absolute Gasteiger partial charge is 0.191 e. The highest BCUT2D eigenvalue weighted by Crippen LogP contribution is 2.14. The van der Waals surface area contributed by atoms with Crippen molar-refractivity contribution in [3.05, 3.63) is 70.8 Å². The highest BCUT2D eigenvalue weighted by molar-refractivity contribution is 14.0. The topological polar surface area (TPSA) is 54.9 Å². The molecule has 1 fully saturated rings. The van der Waals surface area contributed by atoms with Gasteiger partial charge in [-0.2, -0.15) is 0 Å². The van der Waals surface area contributed by atoms with Crippen LogP contribution in [0.2, 0.25) is 0 Å². The molecule has 3 rings (SSSR count). The molecule has 0 aromatic heterocycles. The van der Waals surface area contributed by atoms with E-state index in [9.17, 15) is 0 Å². The lowest BCUT2D eigenvalue weighted by atomic mass is 10.1. The molecule has 1 heterocycles. The van der Waals surface area contributed by atoms with Gasteiger partial charge in [-0.15, -0.1) is 24.0 Å². The van der Waals surface area contributed by atoms with Gasteiger partial charge in [0.1, 0.15) is 0 Å².